The standard InChI is InChI=1S/C25H44N2O2/c1-8-17-19-16-25(20(17)10-3,21(11-4)18(19)9-2)22(24(29)26-12-5)15-23(28)27(13-6)14-7/h17,19-20,22H,8-16H2,1-7H3,(H,26,29). The highest BCUT2D eigenvalue weighted by Crippen LogP contribution is 2.69. The highest BCUT2D eigenvalue weighted by Gasteiger charge is 2.63. The minimum Gasteiger partial charge on any atom is -0.356 e. The van der Waals surface area contributed by atoms with E-state index in [-0.39, 0.29) is 23.1 Å². The van der Waals surface area contributed by atoms with Crippen LogP contribution in [-0.4, -0.2) is 36.3 Å². The van der Waals surface area contributed by atoms with Gasteiger partial charge in [0.1, 0.15) is 0 Å². The fraction of sp³-hybridized carbons (Fsp3) is 0.840. The van der Waals surface area contributed by atoms with Gasteiger partial charge in [0.15, 0.2) is 0 Å². The van der Waals surface area contributed by atoms with Crippen LogP contribution in [0.25, 0.3) is 0 Å². The molecule has 2 aliphatic rings. The van der Waals surface area contributed by atoms with Crippen molar-refractivity contribution in [3.8, 4) is 0 Å². The van der Waals surface area contributed by atoms with Gasteiger partial charge in [-0.25, -0.2) is 0 Å². The maximum Gasteiger partial charge on any atom is 0.224 e. The summed E-state index contributed by atoms with van der Waals surface area (Å²) in [5, 5.41) is 3.10. The monoisotopic (exact) mass is 404 g/mol. The van der Waals surface area contributed by atoms with Crippen LogP contribution in [0, 0.1) is 29.1 Å². The predicted molar refractivity (Wildman–Crippen MR) is 120 cm³/mol. The van der Waals surface area contributed by atoms with Crippen molar-refractivity contribution in [3.63, 3.8) is 0 Å². The number of carbonyl (C=O) groups is 2. The van der Waals surface area contributed by atoms with Crippen molar-refractivity contribution < 1.29 is 9.59 Å². The van der Waals surface area contributed by atoms with Crippen LogP contribution in [0.4, 0.5) is 0 Å². The van der Waals surface area contributed by atoms with Gasteiger partial charge in [-0.3, -0.25) is 9.59 Å². The van der Waals surface area contributed by atoms with Crippen molar-refractivity contribution in [1.82, 2.24) is 10.2 Å². The van der Waals surface area contributed by atoms with Crippen LogP contribution in [0.1, 0.15) is 87.0 Å². The van der Waals surface area contributed by atoms with Crippen LogP contribution < -0.4 is 5.32 Å². The number of allylic oxidation sites excluding steroid dienone is 2. The molecular formula is C25H44N2O2. The molecule has 2 rings (SSSR count). The van der Waals surface area contributed by atoms with Crippen molar-refractivity contribution in [1.29, 1.82) is 0 Å². The van der Waals surface area contributed by atoms with Crippen molar-refractivity contribution in [2.24, 2.45) is 29.1 Å². The molecule has 2 bridgehead atoms. The summed E-state index contributed by atoms with van der Waals surface area (Å²) in [6.45, 7) is 17.2. The number of rotatable bonds is 11. The smallest absolute Gasteiger partial charge is 0.224 e. The van der Waals surface area contributed by atoms with Crippen LogP contribution in [0.2, 0.25) is 0 Å². The highest BCUT2D eigenvalue weighted by atomic mass is 16.2. The number of amides is 2. The summed E-state index contributed by atoms with van der Waals surface area (Å²) in [6.07, 6.45) is 5.75. The molecule has 2 aliphatic carbocycles. The van der Waals surface area contributed by atoms with Gasteiger partial charge in [0.05, 0.1) is 5.92 Å². The number of nitrogens with one attached hydrogen (secondary N) is 1. The number of fused-ring (bicyclic) bond motifs is 2. The SMILES string of the molecule is CCNC(=O)C(CC(=O)N(CC)CC)C12CC(C(CC)=C1CC)C(CC)C2CC. The zero-order valence-electron chi connectivity index (χ0n) is 19.9. The molecule has 0 saturated heterocycles. The van der Waals surface area contributed by atoms with E-state index in [9.17, 15) is 9.59 Å². The van der Waals surface area contributed by atoms with Gasteiger partial charge in [0.25, 0.3) is 0 Å². The predicted octanol–water partition coefficient (Wildman–Crippen LogP) is 5.19. The third kappa shape index (κ3) is 3.88. The van der Waals surface area contributed by atoms with Gasteiger partial charge < -0.3 is 10.2 Å². The quantitative estimate of drug-likeness (QED) is 0.482. The van der Waals surface area contributed by atoms with E-state index in [4.69, 9.17) is 0 Å². The first-order valence-corrected chi connectivity index (χ1v) is 12.2. The second-order valence-corrected chi connectivity index (χ2v) is 8.87. The average Bonchev–Trinajstić information content (AvgIpc) is 3.22. The Hall–Kier alpha value is -1.32. The molecule has 0 aromatic rings. The first kappa shape index (κ1) is 24.0. The van der Waals surface area contributed by atoms with Crippen molar-refractivity contribution in [2.45, 2.75) is 87.0 Å². The van der Waals surface area contributed by atoms with Gasteiger partial charge in [-0.1, -0.05) is 51.7 Å². The molecule has 0 heterocycles. The third-order valence-corrected chi connectivity index (χ3v) is 8.08. The zero-order chi connectivity index (χ0) is 21.8. The van der Waals surface area contributed by atoms with E-state index in [2.05, 4.69) is 33.0 Å². The molecule has 0 aromatic carbocycles. The van der Waals surface area contributed by atoms with Crippen molar-refractivity contribution >= 4 is 11.8 Å². The average molecular weight is 405 g/mol. The summed E-state index contributed by atoms with van der Waals surface area (Å²) in [7, 11) is 0. The van der Waals surface area contributed by atoms with Crippen LogP contribution in [-0.2, 0) is 9.59 Å². The number of hydrogen-bond donors (Lipinski definition) is 1. The third-order valence-electron chi connectivity index (χ3n) is 8.08. The van der Waals surface area contributed by atoms with Gasteiger partial charge in [0, 0.05) is 31.5 Å². The molecule has 0 spiro atoms. The summed E-state index contributed by atoms with van der Waals surface area (Å²) in [4.78, 5) is 28.5. The summed E-state index contributed by atoms with van der Waals surface area (Å²) in [5.74, 6) is 1.71. The molecule has 0 aliphatic heterocycles. The summed E-state index contributed by atoms with van der Waals surface area (Å²) >= 11 is 0. The Morgan fingerprint density at radius 3 is 2.14 bits per heavy atom. The van der Waals surface area contributed by atoms with Crippen LogP contribution in [0.5, 0.6) is 0 Å². The van der Waals surface area contributed by atoms with E-state index in [1.807, 2.05) is 25.7 Å². The van der Waals surface area contributed by atoms with E-state index in [0.717, 1.165) is 32.1 Å². The molecule has 166 valence electrons. The Bertz CT molecular complexity index is 622. The number of hydrogen-bond acceptors (Lipinski definition) is 2. The fourth-order valence-corrected chi connectivity index (χ4v) is 7.15. The molecule has 1 N–H and O–H groups in total. The molecule has 0 radical (unpaired) electrons. The second-order valence-electron chi connectivity index (χ2n) is 8.87. The molecule has 4 nitrogen and oxygen atoms in total. The molecule has 1 fully saturated rings. The largest absolute Gasteiger partial charge is 0.356 e. The minimum absolute atomic E-state index is 0.0882. The van der Waals surface area contributed by atoms with Crippen molar-refractivity contribution in [2.75, 3.05) is 19.6 Å². The lowest BCUT2D eigenvalue weighted by atomic mass is 9.58. The number of carbonyl (C=O) groups excluding carboxylic acids is 2. The summed E-state index contributed by atoms with van der Waals surface area (Å²) in [5.41, 5.74) is 2.99. The molecule has 5 unspecified atom stereocenters. The zero-order valence-corrected chi connectivity index (χ0v) is 19.9. The molecule has 29 heavy (non-hydrogen) atoms. The van der Waals surface area contributed by atoms with Crippen molar-refractivity contribution in [3.05, 3.63) is 11.1 Å². The Morgan fingerprint density at radius 1 is 1.03 bits per heavy atom. The first-order valence-electron chi connectivity index (χ1n) is 12.2. The maximum atomic E-state index is 13.5. The van der Waals surface area contributed by atoms with Gasteiger partial charge in [-0.05, 0) is 57.8 Å². The second kappa shape index (κ2) is 10.1. The molecule has 5 atom stereocenters. The molecule has 1 saturated carbocycles. The van der Waals surface area contributed by atoms with Crippen LogP contribution in [0.3, 0.4) is 0 Å². The summed E-state index contributed by atoms with van der Waals surface area (Å²) < 4.78 is 0. The van der Waals surface area contributed by atoms with E-state index < -0.39 is 0 Å². The topological polar surface area (TPSA) is 49.4 Å². The Labute approximate surface area is 178 Å². The first-order chi connectivity index (χ1) is 13.9. The minimum atomic E-state index is -0.251. The molecule has 2 amide bonds. The van der Waals surface area contributed by atoms with E-state index in [1.54, 1.807) is 5.57 Å². The van der Waals surface area contributed by atoms with Gasteiger partial charge in [-0.15, -0.1) is 0 Å². The van der Waals surface area contributed by atoms with Gasteiger partial charge in [-0.2, -0.15) is 0 Å². The lowest BCUT2D eigenvalue weighted by Gasteiger charge is -2.46. The fourth-order valence-electron chi connectivity index (χ4n) is 7.15. The maximum absolute atomic E-state index is 13.5. The Kier molecular flexibility index (Phi) is 8.37. The normalized spacial score (nSPS) is 29.3. The molecular weight excluding hydrogens is 360 g/mol. The Balaban J connectivity index is 2.59. The number of nitrogens with zero attached hydrogens (tertiary/aromatic N) is 1. The lowest BCUT2D eigenvalue weighted by molar-refractivity contribution is -0.140. The highest BCUT2D eigenvalue weighted by molar-refractivity contribution is 5.87. The lowest BCUT2D eigenvalue weighted by Crippen LogP contribution is -2.48. The van der Waals surface area contributed by atoms with Gasteiger partial charge in [0.2, 0.25) is 11.8 Å². The summed E-state index contributed by atoms with van der Waals surface area (Å²) in [6, 6.07) is 0. The van der Waals surface area contributed by atoms with E-state index in [1.165, 1.54) is 5.57 Å². The van der Waals surface area contributed by atoms with E-state index in [0.29, 0.717) is 43.8 Å². The van der Waals surface area contributed by atoms with Crippen LogP contribution in [0.15, 0.2) is 11.1 Å². The molecule has 4 heteroatoms. The molecule has 0 aromatic heterocycles. The Morgan fingerprint density at radius 2 is 1.69 bits per heavy atom. The van der Waals surface area contributed by atoms with Gasteiger partial charge >= 0.3 is 0 Å². The van der Waals surface area contributed by atoms with Crippen LogP contribution >= 0.6 is 0 Å². The van der Waals surface area contributed by atoms with E-state index >= 15 is 0 Å².